The molecule has 1 aliphatic heterocycles. The molecule has 3 rings (SSSR count). The molecular weight excluding hydrogens is 387 g/mol. The maximum absolute atomic E-state index is 13.4. The Morgan fingerprint density at radius 1 is 1.26 bits per heavy atom. The summed E-state index contributed by atoms with van der Waals surface area (Å²) in [6.07, 6.45) is 14.7. The largest absolute Gasteiger partial charge is 0.384 e. The van der Waals surface area contributed by atoms with Gasteiger partial charge in [0.15, 0.2) is 0 Å². The van der Waals surface area contributed by atoms with Gasteiger partial charge in [-0.1, -0.05) is 45.9 Å². The van der Waals surface area contributed by atoms with Crippen molar-refractivity contribution in [2.45, 2.75) is 59.4 Å². The van der Waals surface area contributed by atoms with Crippen molar-refractivity contribution in [3.05, 3.63) is 36.2 Å². The highest BCUT2D eigenvalue weighted by Gasteiger charge is 2.40. The summed E-state index contributed by atoms with van der Waals surface area (Å²) in [5, 5.41) is 3.93. The number of ether oxygens (including phenoxy) is 1. The third-order valence-corrected chi connectivity index (χ3v) is 7.82. The van der Waals surface area contributed by atoms with Crippen LogP contribution in [0.2, 0.25) is 0 Å². The van der Waals surface area contributed by atoms with E-state index in [1.165, 1.54) is 19.3 Å². The molecule has 1 heterocycles. The van der Waals surface area contributed by atoms with Crippen LogP contribution in [-0.4, -0.2) is 50.8 Å². The standard InChI is InChI=1S/C27H45FN2O/c1-20(2)26(29-16-21-7-6-8-22(15-21)18-31-5)17-30-14-13-25(27(3,4)19-30)23-9-11-24(28)12-10-23/h6,8-9,11-12,20-23,25-26,29H,7,10,13-19H2,1-5H3/t21?,22?,23?,25?,26-/m0/s1. The van der Waals surface area contributed by atoms with E-state index >= 15 is 0 Å². The first-order chi connectivity index (χ1) is 14.8. The average Bonchev–Trinajstić information content (AvgIpc) is 2.72. The fourth-order valence-electron chi connectivity index (χ4n) is 6.02. The lowest BCUT2D eigenvalue weighted by Crippen LogP contribution is -2.53. The first-order valence-electron chi connectivity index (χ1n) is 12.4. The van der Waals surface area contributed by atoms with Gasteiger partial charge in [-0.25, -0.2) is 4.39 Å². The van der Waals surface area contributed by atoms with Crippen LogP contribution in [-0.2, 0) is 4.74 Å². The van der Waals surface area contributed by atoms with Gasteiger partial charge in [-0.2, -0.15) is 0 Å². The summed E-state index contributed by atoms with van der Waals surface area (Å²) >= 11 is 0. The third kappa shape index (κ3) is 7.00. The van der Waals surface area contributed by atoms with Crippen LogP contribution in [0.25, 0.3) is 0 Å². The highest BCUT2D eigenvalue weighted by atomic mass is 19.1. The predicted molar refractivity (Wildman–Crippen MR) is 129 cm³/mol. The van der Waals surface area contributed by atoms with Gasteiger partial charge >= 0.3 is 0 Å². The summed E-state index contributed by atoms with van der Waals surface area (Å²) in [4.78, 5) is 2.67. The lowest BCUT2D eigenvalue weighted by Gasteiger charge is -2.48. The number of hydrogen-bond donors (Lipinski definition) is 1. The normalized spacial score (nSPS) is 32.3. The van der Waals surface area contributed by atoms with E-state index < -0.39 is 0 Å². The van der Waals surface area contributed by atoms with Crippen molar-refractivity contribution in [1.29, 1.82) is 0 Å². The van der Waals surface area contributed by atoms with E-state index in [1.807, 2.05) is 0 Å². The van der Waals surface area contributed by atoms with Crippen LogP contribution in [0.4, 0.5) is 4.39 Å². The van der Waals surface area contributed by atoms with E-state index in [1.54, 1.807) is 19.3 Å². The monoisotopic (exact) mass is 432 g/mol. The summed E-state index contributed by atoms with van der Waals surface area (Å²) < 4.78 is 18.8. The van der Waals surface area contributed by atoms with Gasteiger partial charge in [0.25, 0.3) is 0 Å². The highest BCUT2D eigenvalue weighted by molar-refractivity contribution is 5.19. The second-order valence-electron chi connectivity index (χ2n) is 11.2. The number of halogens is 1. The Hall–Kier alpha value is -0.970. The molecule has 1 fully saturated rings. The van der Waals surface area contributed by atoms with Crippen molar-refractivity contribution in [2.24, 2.45) is 35.0 Å². The molecule has 0 aromatic carbocycles. The maximum Gasteiger partial charge on any atom is 0.118 e. The molecule has 2 aliphatic carbocycles. The molecule has 4 heteroatoms. The average molecular weight is 433 g/mol. The molecule has 1 N–H and O–H groups in total. The Labute approximate surface area is 190 Å². The number of nitrogens with one attached hydrogen (secondary N) is 1. The quantitative estimate of drug-likeness (QED) is 0.480. The van der Waals surface area contributed by atoms with Gasteiger partial charge in [-0.15, -0.1) is 0 Å². The zero-order chi connectivity index (χ0) is 22.4. The number of likely N-dealkylation sites (tertiary alicyclic amines) is 1. The first kappa shape index (κ1) is 24.7. The van der Waals surface area contributed by atoms with E-state index in [2.05, 4.69) is 56.1 Å². The van der Waals surface area contributed by atoms with E-state index in [4.69, 9.17) is 4.74 Å². The Kier molecular flexibility index (Phi) is 8.95. The lowest BCUT2D eigenvalue weighted by molar-refractivity contribution is 0.0246. The van der Waals surface area contributed by atoms with E-state index in [0.29, 0.717) is 35.6 Å². The molecule has 0 bridgehead atoms. The van der Waals surface area contributed by atoms with Crippen molar-refractivity contribution in [2.75, 3.05) is 39.9 Å². The van der Waals surface area contributed by atoms with Gasteiger partial charge in [0, 0.05) is 32.2 Å². The Balaban J connectivity index is 1.50. The van der Waals surface area contributed by atoms with Gasteiger partial charge in [0.2, 0.25) is 0 Å². The molecule has 0 aromatic rings. The molecule has 5 atom stereocenters. The number of piperidine rings is 1. The molecule has 176 valence electrons. The van der Waals surface area contributed by atoms with E-state index in [0.717, 1.165) is 39.2 Å². The second-order valence-corrected chi connectivity index (χ2v) is 11.2. The summed E-state index contributed by atoms with van der Waals surface area (Å²) in [5.41, 5.74) is 0.248. The zero-order valence-corrected chi connectivity index (χ0v) is 20.4. The minimum Gasteiger partial charge on any atom is -0.384 e. The Morgan fingerprint density at radius 3 is 2.71 bits per heavy atom. The molecular formula is C27H45FN2O. The summed E-state index contributed by atoms with van der Waals surface area (Å²) in [7, 11) is 1.80. The van der Waals surface area contributed by atoms with Gasteiger partial charge in [-0.05, 0) is 80.0 Å². The van der Waals surface area contributed by atoms with Gasteiger partial charge in [0.1, 0.15) is 5.83 Å². The van der Waals surface area contributed by atoms with Crippen LogP contribution in [0.5, 0.6) is 0 Å². The molecule has 0 radical (unpaired) electrons. The minimum atomic E-state index is -0.0701. The smallest absolute Gasteiger partial charge is 0.118 e. The van der Waals surface area contributed by atoms with Crippen LogP contribution >= 0.6 is 0 Å². The predicted octanol–water partition coefficient (Wildman–Crippen LogP) is 5.61. The number of hydrogen-bond acceptors (Lipinski definition) is 3. The van der Waals surface area contributed by atoms with Crippen LogP contribution in [0.3, 0.4) is 0 Å². The topological polar surface area (TPSA) is 24.5 Å². The first-order valence-corrected chi connectivity index (χ1v) is 12.4. The lowest BCUT2D eigenvalue weighted by atomic mass is 9.66. The summed E-state index contributed by atoms with van der Waals surface area (Å²) in [6, 6.07) is 0.519. The van der Waals surface area contributed by atoms with Crippen molar-refractivity contribution >= 4 is 0 Å². The SMILES string of the molecule is COCC1C=CCC(CN[C@@H](CN2CCC(C3C=CC(F)=CC3)C(C)(C)C2)C(C)C)C1. The molecule has 3 nitrogen and oxygen atoms in total. The van der Waals surface area contributed by atoms with E-state index in [-0.39, 0.29) is 11.2 Å². The molecule has 31 heavy (non-hydrogen) atoms. The van der Waals surface area contributed by atoms with Crippen LogP contribution in [0.15, 0.2) is 36.2 Å². The zero-order valence-electron chi connectivity index (χ0n) is 20.4. The van der Waals surface area contributed by atoms with Crippen LogP contribution in [0.1, 0.15) is 53.4 Å². The second kappa shape index (κ2) is 11.2. The van der Waals surface area contributed by atoms with Crippen molar-refractivity contribution in [1.82, 2.24) is 10.2 Å². The van der Waals surface area contributed by atoms with Gasteiger partial charge in [-0.3, -0.25) is 0 Å². The maximum atomic E-state index is 13.4. The molecule has 0 amide bonds. The molecule has 0 aromatic heterocycles. The number of rotatable bonds is 9. The molecule has 3 aliphatic rings. The fourth-order valence-corrected chi connectivity index (χ4v) is 6.02. The molecule has 0 spiro atoms. The van der Waals surface area contributed by atoms with Crippen molar-refractivity contribution in [3.63, 3.8) is 0 Å². The van der Waals surface area contributed by atoms with Crippen molar-refractivity contribution < 1.29 is 9.13 Å². The summed E-state index contributed by atoms with van der Waals surface area (Å²) in [5.74, 6) is 2.93. The molecule has 1 saturated heterocycles. The molecule has 0 saturated carbocycles. The van der Waals surface area contributed by atoms with Gasteiger partial charge in [0.05, 0.1) is 6.61 Å². The molecule has 4 unspecified atom stereocenters. The van der Waals surface area contributed by atoms with Crippen molar-refractivity contribution in [3.8, 4) is 0 Å². The fraction of sp³-hybridized carbons (Fsp3) is 0.778. The minimum absolute atomic E-state index is 0.0701. The highest BCUT2D eigenvalue weighted by Crippen LogP contribution is 2.43. The Bertz CT molecular complexity index is 654. The number of nitrogens with zero attached hydrogens (tertiary/aromatic N) is 1. The summed E-state index contributed by atoms with van der Waals surface area (Å²) in [6.45, 7) is 14.8. The number of methoxy groups -OCH3 is 1. The third-order valence-electron chi connectivity index (χ3n) is 7.82. The Morgan fingerprint density at radius 2 is 2.06 bits per heavy atom. The number of allylic oxidation sites excluding steroid dienone is 5. The van der Waals surface area contributed by atoms with Crippen LogP contribution in [0, 0.1) is 35.0 Å². The van der Waals surface area contributed by atoms with Crippen LogP contribution < -0.4 is 5.32 Å². The van der Waals surface area contributed by atoms with E-state index in [9.17, 15) is 4.39 Å². The van der Waals surface area contributed by atoms with Gasteiger partial charge < -0.3 is 15.0 Å².